The summed E-state index contributed by atoms with van der Waals surface area (Å²) in [5.74, 6) is 0. The maximum absolute atomic E-state index is 11.4. The van der Waals surface area contributed by atoms with Gasteiger partial charge in [0.05, 0.1) is 5.69 Å². The molecule has 0 radical (unpaired) electrons. The summed E-state index contributed by atoms with van der Waals surface area (Å²) in [6.45, 7) is -0.0354. The van der Waals surface area contributed by atoms with Gasteiger partial charge in [-0.3, -0.25) is 4.90 Å². The first-order chi connectivity index (χ1) is 10.6. The molecule has 5 heteroatoms. The van der Waals surface area contributed by atoms with Crippen molar-refractivity contribution in [3.63, 3.8) is 0 Å². The molecule has 1 N–H and O–H groups in total. The van der Waals surface area contributed by atoms with Gasteiger partial charge in [-0.1, -0.05) is 60.2 Å². The number of para-hydroxylation sites is 1. The molecule has 0 spiro atoms. The van der Waals surface area contributed by atoms with E-state index in [-0.39, 0.29) is 6.73 Å². The fraction of sp³-hybridized carbons (Fsp3) is 0.118. The number of carboxylic acid groups (broad SMARTS) is 1. The highest BCUT2D eigenvalue weighted by molar-refractivity contribution is 6.32. The number of amides is 1. The molecule has 0 saturated carbocycles. The van der Waals surface area contributed by atoms with Gasteiger partial charge in [0, 0.05) is 12.1 Å². The first-order valence-electron chi connectivity index (χ1n) is 6.64. The Morgan fingerprint density at radius 3 is 2.36 bits per heavy atom. The van der Waals surface area contributed by atoms with E-state index in [1.165, 1.54) is 7.11 Å². The minimum absolute atomic E-state index is 0.0354. The molecule has 1 amide bonds. The lowest BCUT2D eigenvalue weighted by Gasteiger charge is -2.20. The van der Waals surface area contributed by atoms with Crippen LogP contribution in [-0.2, 0) is 4.74 Å². The van der Waals surface area contributed by atoms with E-state index >= 15 is 0 Å². The van der Waals surface area contributed by atoms with Gasteiger partial charge >= 0.3 is 6.09 Å². The Kier molecular flexibility index (Phi) is 5.58. The van der Waals surface area contributed by atoms with E-state index in [2.05, 4.69) is 0 Å². The molecule has 0 aromatic heterocycles. The molecule has 22 heavy (non-hydrogen) atoms. The van der Waals surface area contributed by atoms with Gasteiger partial charge in [-0.15, -0.1) is 0 Å². The summed E-state index contributed by atoms with van der Waals surface area (Å²) in [5, 5.41) is 9.95. The van der Waals surface area contributed by atoms with E-state index in [1.807, 2.05) is 48.6 Å². The number of carbonyl (C=O) groups is 1. The third-order valence-electron chi connectivity index (χ3n) is 3.06. The normalized spacial score (nSPS) is 10.8. The van der Waals surface area contributed by atoms with Crippen LogP contribution in [0.2, 0.25) is 5.02 Å². The van der Waals surface area contributed by atoms with Crippen molar-refractivity contribution in [1.82, 2.24) is 0 Å². The summed E-state index contributed by atoms with van der Waals surface area (Å²) in [6, 6.07) is 14.7. The van der Waals surface area contributed by atoms with E-state index in [1.54, 1.807) is 12.1 Å². The lowest BCUT2D eigenvalue weighted by atomic mass is 10.1. The molecular weight excluding hydrogens is 302 g/mol. The lowest BCUT2D eigenvalue weighted by molar-refractivity contribution is 0.168. The summed E-state index contributed by atoms with van der Waals surface area (Å²) >= 11 is 6.12. The average molecular weight is 318 g/mol. The molecular formula is C17H16ClNO3. The molecule has 0 bridgehead atoms. The van der Waals surface area contributed by atoms with Gasteiger partial charge in [0.1, 0.15) is 6.73 Å². The number of halogens is 1. The van der Waals surface area contributed by atoms with Gasteiger partial charge in [0.2, 0.25) is 0 Å². The van der Waals surface area contributed by atoms with Crippen LogP contribution in [0.25, 0.3) is 12.2 Å². The zero-order chi connectivity index (χ0) is 15.9. The van der Waals surface area contributed by atoms with Crippen LogP contribution in [0.5, 0.6) is 0 Å². The maximum atomic E-state index is 11.4. The van der Waals surface area contributed by atoms with Gasteiger partial charge < -0.3 is 9.84 Å². The van der Waals surface area contributed by atoms with Crippen molar-refractivity contribution in [3.8, 4) is 0 Å². The first kappa shape index (κ1) is 16.1. The number of benzene rings is 2. The predicted octanol–water partition coefficient (Wildman–Crippen LogP) is 4.60. The third kappa shape index (κ3) is 3.87. The quantitative estimate of drug-likeness (QED) is 0.647. The second kappa shape index (κ2) is 7.64. The molecule has 0 aliphatic heterocycles. The van der Waals surface area contributed by atoms with Crippen molar-refractivity contribution in [2.24, 2.45) is 0 Å². The molecule has 2 aromatic carbocycles. The number of hydrogen-bond donors (Lipinski definition) is 1. The Balaban J connectivity index is 2.36. The van der Waals surface area contributed by atoms with E-state index in [9.17, 15) is 9.90 Å². The highest BCUT2D eigenvalue weighted by Gasteiger charge is 2.16. The van der Waals surface area contributed by atoms with Crippen LogP contribution in [0, 0.1) is 0 Å². The summed E-state index contributed by atoms with van der Waals surface area (Å²) in [4.78, 5) is 12.5. The van der Waals surface area contributed by atoms with Gasteiger partial charge in [-0.25, -0.2) is 4.79 Å². The number of anilines is 1. The first-order valence-corrected chi connectivity index (χ1v) is 7.02. The number of ether oxygens (including phenoxy) is 1. The summed E-state index contributed by atoms with van der Waals surface area (Å²) in [7, 11) is 1.46. The van der Waals surface area contributed by atoms with Crippen LogP contribution in [0.1, 0.15) is 11.1 Å². The van der Waals surface area contributed by atoms with Gasteiger partial charge in [0.25, 0.3) is 0 Å². The topological polar surface area (TPSA) is 49.8 Å². The van der Waals surface area contributed by atoms with Crippen LogP contribution in [-0.4, -0.2) is 25.0 Å². The molecule has 0 unspecified atom stereocenters. The molecule has 0 heterocycles. The molecule has 0 saturated heterocycles. The zero-order valence-electron chi connectivity index (χ0n) is 12.1. The van der Waals surface area contributed by atoms with Crippen molar-refractivity contribution < 1.29 is 14.6 Å². The summed E-state index contributed by atoms with van der Waals surface area (Å²) in [5.41, 5.74) is 2.19. The largest absolute Gasteiger partial charge is 0.465 e. The Hall–Kier alpha value is -2.30. The maximum Gasteiger partial charge on any atom is 0.413 e. The van der Waals surface area contributed by atoms with Crippen molar-refractivity contribution in [1.29, 1.82) is 0 Å². The number of hydrogen-bond acceptors (Lipinski definition) is 2. The second-order valence-electron chi connectivity index (χ2n) is 4.54. The highest BCUT2D eigenvalue weighted by atomic mass is 35.5. The minimum atomic E-state index is -1.07. The van der Waals surface area contributed by atoms with Crippen LogP contribution < -0.4 is 4.90 Å². The van der Waals surface area contributed by atoms with Crippen molar-refractivity contribution in [2.75, 3.05) is 18.7 Å². The molecule has 0 fully saturated rings. The van der Waals surface area contributed by atoms with Crippen molar-refractivity contribution in [2.45, 2.75) is 0 Å². The smallest absolute Gasteiger partial charge is 0.413 e. The van der Waals surface area contributed by atoms with Crippen LogP contribution >= 0.6 is 11.6 Å². The van der Waals surface area contributed by atoms with Crippen molar-refractivity contribution in [3.05, 3.63) is 64.7 Å². The zero-order valence-corrected chi connectivity index (χ0v) is 12.8. The van der Waals surface area contributed by atoms with E-state index in [0.29, 0.717) is 10.7 Å². The molecule has 2 rings (SSSR count). The Morgan fingerprint density at radius 1 is 1.14 bits per heavy atom. The van der Waals surface area contributed by atoms with Gasteiger partial charge in [0.15, 0.2) is 0 Å². The number of methoxy groups -OCH3 is 1. The van der Waals surface area contributed by atoms with E-state index in [4.69, 9.17) is 16.3 Å². The summed E-state index contributed by atoms with van der Waals surface area (Å²) in [6.07, 6.45) is 2.62. The van der Waals surface area contributed by atoms with E-state index in [0.717, 1.165) is 16.0 Å². The molecule has 4 nitrogen and oxygen atoms in total. The SMILES string of the molecule is COCN(C(=O)O)c1ccccc1C=Cc1ccccc1Cl. The Labute approximate surface area is 134 Å². The van der Waals surface area contributed by atoms with Crippen LogP contribution in [0.3, 0.4) is 0 Å². The van der Waals surface area contributed by atoms with Crippen LogP contribution in [0.15, 0.2) is 48.5 Å². The summed E-state index contributed by atoms with van der Waals surface area (Å²) < 4.78 is 4.96. The van der Waals surface area contributed by atoms with Crippen molar-refractivity contribution >= 4 is 35.5 Å². The van der Waals surface area contributed by atoms with Gasteiger partial charge in [-0.2, -0.15) is 0 Å². The third-order valence-corrected chi connectivity index (χ3v) is 3.41. The van der Waals surface area contributed by atoms with Gasteiger partial charge in [-0.05, 0) is 23.3 Å². The minimum Gasteiger partial charge on any atom is -0.465 e. The molecule has 2 aromatic rings. The average Bonchev–Trinajstić information content (AvgIpc) is 2.52. The molecule has 0 atom stereocenters. The highest BCUT2D eigenvalue weighted by Crippen LogP contribution is 2.24. The molecule has 114 valence electrons. The number of rotatable bonds is 5. The molecule has 0 aliphatic carbocycles. The fourth-order valence-corrected chi connectivity index (χ4v) is 2.22. The number of nitrogens with zero attached hydrogens (tertiary/aromatic N) is 1. The monoisotopic (exact) mass is 317 g/mol. The second-order valence-corrected chi connectivity index (χ2v) is 4.95. The standard InChI is InChI=1S/C17H16ClNO3/c1-22-12-19(17(20)21)16-9-5-3-7-14(16)11-10-13-6-2-4-8-15(13)18/h2-11H,12H2,1H3,(H,20,21). The Morgan fingerprint density at radius 2 is 1.73 bits per heavy atom. The Bertz CT molecular complexity index is 685. The lowest BCUT2D eigenvalue weighted by Crippen LogP contribution is -2.31. The fourth-order valence-electron chi connectivity index (χ4n) is 2.02. The predicted molar refractivity (Wildman–Crippen MR) is 89.2 cm³/mol. The van der Waals surface area contributed by atoms with Crippen LogP contribution in [0.4, 0.5) is 10.5 Å². The van der Waals surface area contributed by atoms with E-state index < -0.39 is 6.09 Å². The molecule has 0 aliphatic rings.